The minimum Gasteiger partial charge on any atom is -0.496 e. The Bertz CT molecular complexity index is 963. The molecule has 0 bridgehead atoms. The van der Waals surface area contributed by atoms with Gasteiger partial charge in [0.15, 0.2) is 0 Å². The van der Waals surface area contributed by atoms with Gasteiger partial charge in [-0.2, -0.15) is 17.5 Å². The molecule has 6 nitrogen and oxygen atoms in total. The Morgan fingerprint density at radius 3 is 2.41 bits per heavy atom. The van der Waals surface area contributed by atoms with Crippen molar-refractivity contribution in [3.63, 3.8) is 0 Å². The summed E-state index contributed by atoms with van der Waals surface area (Å²) in [5.74, 6) is 1.01. The zero-order chi connectivity index (χ0) is 21.2. The van der Waals surface area contributed by atoms with Crippen LogP contribution in [0.15, 0.2) is 41.4 Å². The van der Waals surface area contributed by atoms with Crippen molar-refractivity contribution < 1.29 is 26.3 Å². The molecule has 10 heteroatoms. The average molecular weight is 429 g/mol. The predicted molar refractivity (Wildman–Crippen MR) is 103 cm³/mol. The first-order chi connectivity index (χ1) is 13.6. The fourth-order valence-corrected chi connectivity index (χ4v) is 4.82. The number of halogens is 3. The van der Waals surface area contributed by atoms with E-state index >= 15 is 0 Å². The second-order valence-electron chi connectivity index (χ2n) is 6.78. The van der Waals surface area contributed by atoms with E-state index in [9.17, 15) is 21.6 Å². The van der Waals surface area contributed by atoms with Crippen molar-refractivity contribution in [3.05, 3.63) is 47.7 Å². The molecular weight excluding hydrogens is 407 g/mol. The summed E-state index contributed by atoms with van der Waals surface area (Å²) in [4.78, 5) is 5.90. The monoisotopic (exact) mass is 429 g/mol. The van der Waals surface area contributed by atoms with E-state index in [1.165, 1.54) is 23.5 Å². The highest BCUT2D eigenvalue weighted by Crippen LogP contribution is 2.30. The molecule has 0 unspecified atom stereocenters. The molecule has 1 aliphatic heterocycles. The Morgan fingerprint density at radius 2 is 1.83 bits per heavy atom. The lowest BCUT2D eigenvalue weighted by molar-refractivity contribution is -0.137. The number of rotatable bonds is 4. The summed E-state index contributed by atoms with van der Waals surface area (Å²) < 4.78 is 70.7. The van der Waals surface area contributed by atoms with Gasteiger partial charge in [0.05, 0.1) is 17.6 Å². The van der Waals surface area contributed by atoms with Crippen LogP contribution in [0.4, 0.5) is 19.0 Å². The Labute approximate surface area is 168 Å². The number of hydrogen-bond acceptors (Lipinski definition) is 5. The predicted octanol–water partition coefficient (Wildman–Crippen LogP) is 3.32. The lowest BCUT2D eigenvalue weighted by Crippen LogP contribution is -2.35. The maximum absolute atomic E-state index is 13.0. The smallest absolute Gasteiger partial charge is 0.417 e. The molecule has 2 aromatic rings. The molecule has 1 aromatic heterocycles. The number of benzene rings is 1. The third-order valence-corrected chi connectivity index (χ3v) is 6.75. The summed E-state index contributed by atoms with van der Waals surface area (Å²) in [7, 11) is -2.16. The van der Waals surface area contributed by atoms with E-state index < -0.39 is 21.8 Å². The number of aryl methyl sites for hydroxylation is 1. The fourth-order valence-electron chi connectivity index (χ4n) is 3.26. The number of sulfonamides is 1. The van der Waals surface area contributed by atoms with Crippen LogP contribution in [0.2, 0.25) is 0 Å². The maximum Gasteiger partial charge on any atom is 0.417 e. The van der Waals surface area contributed by atoms with Crippen molar-refractivity contribution in [2.45, 2.75) is 24.4 Å². The molecular formula is C19H22F3N3O3S. The van der Waals surface area contributed by atoms with Crippen LogP contribution in [0, 0.1) is 6.92 Å². The Balaban J connectivity index is 1.74. The summed E-state index contributed by atoms with van der Waals surface area (Å²) in [6.45, 7) is 3.16. The number of pyridine rings is 1. The number of alkyl halides is 3. The standard InChI is InChI=1S/C19H22F3N3O3S/c1-14-12-16(5-6-17(14)28-2)29(26,27)25-9-3-8-24(10-11-25)18-7-4-15(13-23-18)19(20,21)22/h4-7,12-13H,3,8-11H2,1-2H3. The van der Waals surface area contributed by atoms with Crippen LogP contribution < -0.4 is 9.64 Å². The highest BCUT2D eigenvalue weighted by Gasteiger charge is 2.31. The van der Waals surface area contributed by atoms with Crippen molar-refractivity contribution >= 4 is 15.8 Å². The molecule has 0 amide bonds. The van der Waals surface area contributed by atoms with Crippen LogP contribution in [0.3, 0.4) is 0 Å². The summed E-state index contributed by atoms with van der Waals surface area (Å²) >= 11 is 0. The van der Waals surface area contributed by atoms with Gasteiger partial charge < -0.3 is 9.64 Å². The van der Waals surface area contributed by atoms with Crippen molar-refractivity contribution in [1.29, 1.82) is 0 Å². The minimum atomic E-state index is -4.44. The molecule has 0 saturated carbocycles. The summed E-state index contributed by atoms with van der Waals surface area (Å²) in [5.41, 5.74) is -0.0888. The number of hydrogen-bond donors (Lipinski definition) is 0. The molecule has 1 saturated heterocycles. The molecule has 29 heavy (non-hydrogen) atoms. The maximum atomic E-state index is 13.0. The minimum absolute atomic E-state index is 0.192. The Hall–Kier alpha value is -2.33. The zero-order valence-corrected chi connectivity index (χ0v) is 16.9. The van der Waals surface area contributed by atoms with Crippen LogP contribution in [-0.2, 0) is 16.2 Å². The molecule has 0 aliphatic carbocycles. The summed E-state index contributed by atoms with van der Waals surface area (Å²) in [5, 5.41) is 0. The van der Waals surface area contributed by atoms with E-state index in [2.05, 4.69) is 4.98 Å². The lowest BCUT2D eigenvalue weighted by atomic mass is 10.2. The van der Waals surface area contributed by atoms with Gasteiger partial charge in [-0.1, -0.05) is 0 Å². The molecule has 0 atom stereocenters. The Kier molecular flexibility index (Phi) is 6.04. The SMILES string of the molecule is COc1ccc(S(=O)(=O)N2CCCN(c3ccc(C(F)(F)F)cn3)CC2)cc1C. The number of aromatic nitrogens is 1. The van der Waals surface area contributed by atoms with Gasteiger partial charge in [0.2, 0.25) is 10.0 Å². The Morgan fingerprint density at radius 1 is 1.07 bits per heavy atom. The molecule has 1 aliphatic rings. The second kappa shape index (κ2) is 8.19. The van der Waals surface area contributed by atoms with Gasteiger partial charge in [-0.25, -0.2) is 13.4 Å². The van der Waals surface area contributed by atoms with E-state index in [1.54, 1.807) is 24.0 Å². The van der Waals surface area contributed by atoms with E-state index in [0.717, 1.165) is 17.8 Å². The topological polar surface area (TPSA) is 62.7 Å². The number of anilines is 1. The lowest BCUT2D eigenvalue weighted by Gasteiger charge is -2.23. The molecule has 1 fully saturated rings. The van der Waals surface area contributed by atoms with Crippen molar-refractivity contribution in [3.8, 4) is 5.75 Å². The first-order valence-corrected chi connectivity index (χ1v) is 10.5. The zero-order valence-electron chi connectivity index (χ0n) is 16.1. The van der Waals surface area contributed by atoms with E-state index in [1.807, 2.05) is 0 Å². The van der Waals surface area contributed by atoms with Crippen LogP contribution in [0.25, 0.3) is 0 Å². The molecule has 0 spiro atoms. The second-order valence-corrected chi connectivity index (χ2v) is 8.72. The number of methoxy groups -OCH3 is 1. The van der Waals surface area contributed by atoms with Gasteiger partial charge in [0.25, 0.3) is 0 Å². The van der Waals surface area contributed by atoms with Crippen molar-refractivity contribution in [2.75, 3.05) is 38.2 Å². The normalized spacial score (nSPS) is 16.5. The number of ether oxygens (including phenoxy) is 1. The van der Waals surface area contributed by atoms with Crippen LogP contribution in [0.1, 0.15) is 17.5 Å². The first kappa shape index (κ1) is 21.4. The van der Waals surface area contributed by atoms with Crippen molar-refractivity contribution in [2.24, 2.45) is 0 Å². The van der Waals surface area contributed by atoms with Crippen LogP contribution >= 0.6 is 0 Å². The van der Waals surface area contributed by atoms with E-state index in [0.29, 0.717) is 37.6 Å². The third kappa shape index (κ3) is 4.64. The third-order valence-electron chi connectivity index (χ3n) is 4.86. The highest BCUT2D eigenvalue weighted by molar-refractivity contribution is 7.89. The molecule has 0 N–H and O–H groups in total. The van der Waals surface area contributed by atoms with E-state index in [-0.39, 0.29) is 11.4 Å². The molecule has 1 aromatic carbocycles. The molecule has 3 rings (SSSR count). The van der Waals surface area contributed by atoms with Crippen LogP contribution in [0.5, 0.6) is 5.75 Å². The highest BCUT2D eigenvalue weighted by atomic mass is 32.2. The summed E-state index contributed by atoms with van der Waals surface area (Å²) in [6.07, 6.45) is -3.10. The van der Waals surface area contributed by atoms with Gasteiger partial charge >= 0.3 is 6.18 Å². The van der Waals surface area contributed by atoms with Crippen LogP contribution in [-0.4, -0.2) is 51.0 Å². The molecule has 158 valence electrons. The molecule has 2 heterocycles. The fraction of sp³-hybridized carbons (Fsp3) is 0.421. The largest absolute Gasteiger partial charge is 0.496 e. The van der Waals surface area contributed by atoms with Gasteiger partial charge in [0, 0.05) is 32.4 Å². The van der Waals surface area contributed by atoms with E-state index in [4.69, 9.17) is 4.74 Å². The van der Waals surface area contributed by atoms with Gasteiger partial charge in [0.1, 0.15) is 11.6 Å². The van der Waals surface area contributed by atoms with Gasteiger partial charge in [-0.05, 0) is 49.2 Å². The van der Waals surface area contributed by atoms with Crippen molar-refractivity contribution in [1.82, 2.24) is 9.29 Å². The average Bonchev–Trinajstić information content (AvgIpc) is 2.94. The van der Waals surface area contributed by atoms with Gasteiger partial charge in [-0.15, -0.1) is 0 Å². The first-order valence-electron chi connectivity index (χ1n) is 9.06. The van der Waals surface area contributed by atoms with Gasteiger partial charge in [-0.3, -0.25) is 0 Å². The molecule has 0 radical (unpaired) electrons. The number of nitrogens with zero attached hydrogens (tertiary/aromatic N) is 3. The quantitative estimate of drug-likeness (QED) is 0.746. The summed E-state index contributed by atoms with van der Waals surface area (Å²) in [6, 6.07) is 7.02.